The zero-order chi connectivity index (χ0) is 21.1. The van der Waals surface area contributed by atoms with Crippen LogP contribution in [0.4, 0.5) is 0 Å². The van der Waals surface area contributed by atoms with Gasteiger partial charge in [-0.1, -0.05) is 37.3 Å². The predicted octanol–water partition coefficient (Wildman–Crippen LogP) is 3.13. The highest BCUT2D eigenvalue weighted by Gasteiger charge is 2.09. The lowest BCUT2D eigenvalue weighted by atomic mass is 10.1. The smallest absolute Gasteiger partial charge is 0.251 e. The Morgan fingerprint density at radius 2 is 1.93 bits per heavy atom. The number of aliphatic imine (C=N–C) groups is 1. The minimum absolute atomic E-state index is 0.0412. The molecule has 0 aliphatic heterocycles. The average molecular weight is 397 g/mol. The monoisotopic (exact) mass is 396 g/mol. The first-order chi connectivity index (χ1) is 14.1. The molecular formula is C23H32N4O2. The Bertz CT molecular complexity index is 820. The van der Waals surface area contributed by atoms with Crippen molar-refractivity contribution in [3.05, 3.63) is 65.2 Å². The molecule has 0 spiro atoms. The highest BCUT2D eigenvalue weighted by molar-refractivity contribution is 5.94. The van der Waals surface area contributed by atoms with Crippen molar-refractivity contribution in [3.8, 4) is 5.75 Å². The van der Waals surface area contributed by atoms with Gasteiger partial charge in [0.2, 0.25) is 0 Å². The van der Waals surface area contributed by atoms with Crippen molar-refractivity contribution in [2.75, 3.05) is 20.7 Å². The Labute approximate surface area is 173 Å². The van der Waals surface area contributed by atoms with Crippen LogP contribution >= 0.6 is 0 Å². The third-order valence-corrected chi connectivity index (χ3v) is 4.74. The van der Waals surface area contributed by atoms with E-state index < -0.39 is 0 Å². The second-order valence-electron chi connectivity index (χ2n) is 6.90. The lowest BCUT2D eigenvalue weighted by molar-refractivity contribution is 0.0939. The number of nitrogens with zero attached hydrogens (tertiary/aromatic N) is 1. The van der Waals surface area contributed by atoms with Crippen molar-refractivity contribution in [1.29, 1.82) is 0 Å². The van der Waals surface area contributed by atoms with Crippen LogP contribution in [0.1, 0.15) is 41.8 Å². The van der Waals surface area contributed by atoms with Crippen LogP contribution < -0.4 is 20.7 Å². The standard InChI is InChI=1S/C23H32N4O2/c1-5-17(2)27-22(28)20-11-8-9-18(15-20)16-26-23(24-3)25-14-13-19-10-6-7-12-21(19)29-4/h6-12,15,17H,5,13-14,16H2,1-4H3,(H,27,28)(H2,24,25,26). The number of rotatable bonds is 9. The summed E-state index contributed by atoms with van der Waals surface area (Å²) < 4.78 is 5.39. The van der Waals surface area contributed by atoms with Crippen molar-refractivity contribution in [2.24, 2.45) is 4.99 Å². The molecule has 0 aliphatic rings. The van der Waals surface area contributed by atoms with Crippen molar-refractivity contribution in [2.45, 2.75) is 39.3 Å². The lowest BCUT2D eigenvalue weighted by Gasteiger charge is -2.14. The molecule has 0 saturated heterocycles. The molecule has 2 aromatic carbocycles. The van der Waals surface area contributed by atoms with Gasteiger partial charge in [0.25, 0.3) is 5.91 Å². The molecule has 156 valence electrons. The number of nitrogens with one attached hydrogen (secondary N) is 3. The number of para-hydroxylation sites is 1. The summed E-state index contributed by atoms with van der Waals surface area (Å²) in [4.78, 5) is 16.6. The van der Waals surface area contributed by atoms with E-state index in [9.17, 15) is 4.79 Å². The number of hydrogen-bond acceptors (Lipinski definition) is 3. The highest BCUT2D eigenvalue weighted by Crippen LogP contribution is 2.17. The molecule has 0 bridgehead atoms. The molecular weight excluding hydrogens is 364 g/mol. The zero-order valence-electron chi connectivity index (χ0n) is 17.8. The van der Waals surface area contributed by atoms with E-state index in [1.54, 1.807) is 14.2 Å². The van der Waals surface area contributed by atoms with E-state index >= 15 is 0 Å². The molecule has 1 amide bonds. The maximum absolute atomic E-state index is 12.3. The number of amides is 1. The lowest BCUT2D eigenvalue weighted by Crippen LogP contribution is -2.38. The fraction of sp³-hybridized carbons (Fsp3) is 0.391. The summed E-state index contributed by atoms with van der Waals surface area (Å²) in [6.45, 7) is 5.37. The molecule has 6 heteroatoms. The van der Waals surface area contributed by atoms with Crippen molar-refractivity contribution >= 4 is 11.9 Å². The van der Waals surface area contributed by atoms with Crippen LogP contribution in [0.25, 0.3) is 0 Å². The Kier molecular flexibility index (Phi) is 9.02. The average Bonchev–Trinajstić information content (AvgIpc) is 2.76. The van der Waals surface area contributed by atoms with Crippen molar-refractivity contribution < 1.29 is 9.53 Å². The van der Waals surface area contributed by atoms with Gasteiger partial charge in [-0.05, 0) is 49.1 Å². The first-order valence-corrected chi connectivity index (χ1v) is 10.0. The zero-order valence-corrected chi connectivity index (χ0v) is 17.8. The third-order valence-electron chi connectivity index (χ3n) is 4.74. The minimum Gasteiger partial charge on any atom is -0.496 e. The van der Waals surface area contributed by atoms with Crippen molar-refractivity contribution in [1.82, 2.24) is 16.0 Å². The molecule has 6 nitrogen and oxygen atoms in total. The Balaban J connectivity index is 1.86. The molecule has 1 unspecified atom stereocenters. The van der Waals surface area contributed by atoms with Crippen molar-refractivity contribution in [3.63, 3.8) is 0 Å². The van der Waals surface area contributed by atoms with Crippen LogP contribution in [-0.4, -0.2) is 38.6 Å². The van der Waals surface area contributed by atoms with Crippen LogP contribution in [0.2, 0.25) is 0 Å². The predicted molar refractivity (Wildman–Crippen MR) is 119 cm³/mol. The summed E-state index contributed by atoms with van der Waals surface area (Å²) in [6.07, 6.45) is 1.74. The number of carbonyl (C=O) groups excluding carboxylic acids is 1. The van der Waals surface area contributed by atoms with E-state index in [1.807, 2.05) is 49.4 Å². The topological polar surface area (TPSA) is 74.8 Å². The molecule has 29 heavy (non-hydrogen) atoms. The molecule has 0 saturated carbocycles. The molecule has 0 aliphatic carbocycles. The molecule has 2 aromatic rings. The van der Waals surface area contributed by atoms with Crippen LogP contribution in [0.5, 0.6) is 5.75 Å². The third kappa shape index (κ3) is 7.14. The minimum atomic E-state index is -0.0412. The van der Waals surface area contributed by atoms with E-state index in [4.69, 9.17) is 4.74 Å². The first-order valence-electron chi connectivity index (χ1n) is 10.0. The highest BCUT2D eigenvalue weighted by atomic mass is 16.5. The fourth-order valence-electron chi connectivity index (χ4n) is 2.86. The van der Waals surface area contributed by atoms with Gasteiger partial charge < -0.3 is 20.7 Å². The normalized spacial score (nSPS) is 12.2. The summed E-state index contributed by atoms with van der Waals surface area (Å²) in [6, 6.07) is 15.8. The number of guanidine groups is 1. The van der Waals surface area contributed by atoms with Gasteiger partial charge in [0.15, 0.2) is 5.96 Å². The second kappa shape index (κ2) is 11.7. The largest absolute Gasteiger partial charge is 0.496 e. The number of methoxy groups -OCH3 is 1. The summed E-state index contributed by atoms with van der Waals surface area (Å²) in [5.74, 6) is 1.57. The summed E-state index contributed by atoms with van der Waals surface area (Å²) >= 11 is 0. The molecule has 1 atom stereocenters. The number of ether oxygens (including phenoxy) is 1. The fourth-order valence-corrected chi connectivity index (χ4v) is 2.86. The maximum atomic E-state index is 12.3. The first kappa shape index (κ1) is 22.3. The van der Waals surface area contributed by atoms with E-state index in [0.29, 0.717) is 18.1 Å². The Morgan fingerprint density at radius 1 is 1.14 bits per heavy atom. The second-order valence-corrected chi connectivity index (χ2v) is 6.90. The number of hydrogen-bond donors (Lipinski definition) is 3. The van der Waals surface area contributed by atoms with Gasteiger partial charge in [0.05, 0.1) is 7.11 Å². The van der Waals surface area contributed by atoms with Crippen LogP contribution in [0, 0.1) is 0 Å². The SMILES string of the molecule is CCC(C)NC(=O)c1cccc(CNC(=NC)NCCc2ccccc2OC)c1. The van der Waals surface area contributed by atoms with Gasteiger partial charge in [-0.15, -0.1) is 0 Å². The van der Waals surface area contributed by atoms with E-state index in [0.717, 1.165) is 36.3 Å². The molecule has 0 aromatic heterocycles. The van der Waals surface area contributed by atoms with Crippen LogP contribution in [-0.2, 0) is 13.0 Å². The Morgan fingerprint density at radius 3 is 2.66 bits per heavy atom. The summed E-state index contributed by atoms with van der Waals surface area (Å²) in [5, 5.41) is 9.61. The van der Waals surface area contributed by atoms with E-state index in [2.05, 4.69) is 33.9 Å². The Hall–Kier alpha value is -3.02. The van der Waals surface area contributed by atoms with E-state index in [-0.39, 0.29) is 11.9 Å². The maximum Gasteiger partial charge on any atom is 0.251 e. The van der Waals surface area contributed by atoms with Gasteiger partial charge in [0, 0.05) is 31.7 Å². The number of benzene rings is 2. The van der Waals surface area contributed by atoms with Gasteiger partial charge in [0.1, 0.15) is 5.75 Å². The van der Waals surface area contributed by atoms with Gasteiger partial charge in [-0.3, -0.25) is 9.79 Å². The quantitative estimate of drug-likeness (QED) is 0.450. The van der Waals surface area contributed by atoms with Crippen LogP contribution in [0.3, 0.4) is 0 Å². The van der Waals surface area contributed by atoms with Crippen LogP contribution in [0.15, 0.2) is 53.5 Å². The van der Waals surface area contributed by atoms with Gasteiger partial charge in [-0.2, -0.15) is 0 Å². The van der Waals surface area contributed by atoms with Gasteiger partial charge in [-0.25, -0.2) is 0 Å². The molecule has 0 fully saturated rings. The van der Waals surface area contributed by atoms with Gasteiger partial charge >= 0.3 is 0 Å². The molecule has 0 radical (unpaired) electrons. The molecule has 2 rings (SSSR count). The van der Waals surface area contributed by atoms with E-state index in [1.165, 1.54) is 0 Å². The molecule has 0 heterocycles. The summed E-state index contributed by atoms with van der Waals surface area (Å²) in [5.41, 5.74) is 2.84. The molecule has 3 N–H and O–H groups in total. The number of carbonyl (C=O) groups is 1. The summed E-state index contributed by atoms with van der Waals surface area (Å²) in [7, 11) is 3.43.